The van der Waals surface area contributed by atoms with Crippen LogP contribution in [0, 0.1) is 0 Å². The van der Waals surface area contributed by atoms with E-state index in [1.165, 1.54) is 0 Å². The molecule has 2 aromatic rings. The van der Waals surface area contributed by atoms with Crippen molar-refractivity contribution in [1.82, 2.24) is 15.1 Å². The lowest BCUT2D eigenvalue weighted by Gasteiger charge is -2.32. The molecule has 0 radical (unpaired) electrons. The second-order valence-electron chi connectivity index (χ2n) is 6.03. The maximum atomic E-state index is 12.7. The van der Waals surface area contributed by atoms with Crippen LogP contribution in [0.5, 0.6) is 0 Å². The Morgan fingerprint density at radius 3 is 2.83 bits per heavy atom. The van der Waals surface area contributed by atoms with E-state index in [1.54, 1.807) is 0 Å². The first-order chi connectivity index (χ1) is 10.9. The van der Waals surface area contributed by atoms with E-state index in [0.29, 0.717) is 12.2 Å². The predicted octanol–water partition coefficient (Wildman–Crippen LogP) is 3.39. The Bertz CT molecular complexity index is 665. The number of nitrogens with two attached hydrogens (primary N) is 1. The van der Waals surface area contributed by atoms with Crippen LogP contribution >= 0.6 is 0 Å². The molecule has 1 aliphatic heterocycles. The fourth-order valence-electron chi connectivity index (χ4n) is 3.09. The molecule has 1 fully saturated rings. The van der Waals surface area contributed by atoms with E-state index in [4.69, 9.17) is 5.73 Å². The second-order valence-corrected chi connectivity index (χ2v) is 6.03. The van der Waals surface area contributed by atoms with E-state index in [9.17, 15) is 13.2 Å². The Hall–Kier alpha value is -2.02. The molecule has 0 saturated carbocycles. The van der Waals surface area contributed by atoms with Crippen LogP contribution in [0.4, 0.5) is 18.9 Å². The molecule has 3 rings (SSSR count). The lowest BCUT2D eigenvalue weighted by Crippen LogP contribution is -2.34. The number of piperidine rings is 1. The van der Waals surface area contributed by atoms with Crippen LogP contribution in [0.15, 0.2) is 30.3 Å². The molecule has 0 aliphatic carbocycles. The van der Waals surface area contributed by atoms with Crippen molar-refractivity contribution in [2.45, 2.75) is 31.5 Å². The van der Waals surface area contributed by atoms with Crippen LogP contribution in [-0.2, 0) is 12.7 Å². The van der Waals surface area contributed by atoms with E-state index in [-0.39, 0.29) is 5.92 Å². The van der Waals surface area contributed by atoms with Gasteiger partial charge in [-0.1, -0.05) is 12.1 Å². The number of hydrogen-bond donors (Lipinski definition) is 2. The molecule has 1 unspecified atom stereocenters. The van der Waals surface area contributed by atoms with E-state index in [1.807, 2.05) is 24.3 Å². The molecule has 124 valence electrons. The molecule has 3 N–H and O–H groups in total. The van der Waals surface area contributed by atoms with Crippen molar-refractivity contribution in [3.63, 3.8) is 0 Å². The molecule has 1 atom stereocenters. The SMILES string of the molecule is Nc1cccc(CN2CCCC(c3cc(C(F)(F)F)n[nH]3)C2)c1. The molecule has 1 aromatic heterocycles. The van der Waals surface area contributed by atoms with Gasteiger partial charge in [0.25, 0.3) is 0 Å². The molecular weight excluding hydrogens is 305 g/mol. The number of nitrogen functional groups attached to an aromatic ring is 1. The van der Waals surface area contributed by atoms with Gasteiger partial charge < -0.3 is 5.73 Å². The predicted molar refractivity (Wildman–Crippen MR) is 81.7 cm³/mol. The lowest BCUT2D eigenvalue weighted by molar-refractivity contribution is -0.141. The number of aromatic amines is 1. The highest BCUT2D eigenvalue weighted by Gasteiger charge is 2.35. The maximum absolute atomic E-state index is 12.7. The first kappa shape index (κ1) is 15.9. The molecule has 7 heteroatoms. The number of aromatic nitrogens is 2. The highest BCUT2D eigenvalue weighted by molar-refractivity contribution is 5.40. The molecule has 0 spiro atoms. The van der Waals surface area contributed by atoms with Crippen LogP contribution in [-0.4, -0.2) is 28.2 Å². The van der Waals surface area contributed by atoms with E-state index >= 15 is 0 Å². The van der Waals surface area contributed by atoms with Gasteiger partial charge in [-0.25, -0.2) is 0 Å². The third-order valence-electron chi connectivity index (χ3n) is 4.19. The van der Waals surface area contributed by atoms with Gasteiger partial charge in [0.05, 0.1) is 0 Å². The Balaban J connectivity index is 1.67. The van der Waals surface area contributed by atoms with Crippen molar-refractivity contribution in [1.29, 1.82) is 0 Å². The number of benzene rings is 1. The number of nitrogens with one attached hydrogen (secondary N) is 1. The molecule has 23 heavy (non-hydrogen) atoms. The number of halogens is 3. The number of alkyl halides is 3. The van der Waals surface area contributed by atoms with Crippen LogP contribution in [0.3, 0.4) is 0 Å². The molecule has 0 amide bonds. The summed E-state index contributed by atoms with van der Waals surface area (Å²) in [6.45, 7) is 2.40. The fourth-order valence-corrected chi connectivity index (χ4v) is 3.09. The molecule has 2 heterocycles. The fraction of sp³-hybridized carbons (Fsp3) is 0.438. The summed E-state index contributed by atoms with van der Waals surface area (Å²) < 4.78 is 38.0. The summed E-state index contributed by atoms with van der Waals surface area (Å²) in [5.74, 6) is 0.0495. The van der Waals surface area contributed by atoms with Gasteiger partial charge in [-0.05, 0) is 43.1 Å². The average Bonchev–Trinajstić information content (AvgIpc) is 2.97. The molecule has 4 nitrogen and oxygen atoms in total. The summed E-state index contributed by atoms with van der Waals surface area (Å²) in [6, 6.07) is 8.83. The van der Waals surface area contributed by atoms with Crippen molar-refractivity contribution in [2.75, 3.05) is 18.8 Å². The zero-order valence-corrected chi connectivity index (χ0v) is 12.6. The van der Waals surface area contributed by atoms with Crippen molar-refractivity contribution >= 4 is 5.69 Å². The summed E-state index contributed by atoms with van der Waals surface area (Å²) in [7, 11) is 0. The Morgan fingerprint density at radius 2 is 2.13 bits per heavy atom. The van der Waals surface area contributed by atoms with Gasteiger partial charge in [-0.2, -0.15) is 18.3 Å². The van der Waals surface area contributed by atoms with Gasteiger partial charge in [0.2, 0.25) is 0 Å². The van der Waals surface area contributed by atoms with Crippen LogP contribution in [0.2, 0.25) is 0 Å². The zero-order valence-electron chi connectivity index (χ0n) is 12.6. The van der Waals surface area contributed by atoms with Gasteiger partial charge >= 0.3 is 6.18 Å². The number of anilines is 1. The van der Waals surface area contributed by atoms with Gasteiger partial charge in [0.15, 0.2) is 5.69 Å². The van der Waals surface area contributed by atoms with E-state index in [2.05, 4.69) is 15.1 Å². The van der Waals surface area contributed by atoms with Crippen molar-refractivity contribution in [3.8, 4) is 0 Å². The van der Waals surface area contributed by atoms with Crippen LogP contribution < -0.4 is 5.73 Å². The molecule has 1 aromatic carbocycles. The van der Waals surface area contributed by atoms with Gasteiger partial charge in [0.1, 0.15) is 0 Å². The van der Waals surface area contributed by atoms with Crippen LogP contribution in [0.1, 0.15) is 35.7 Å². The number of nitrogens with zero attached hydrogens (tertiary/aromatic N) is 2. The number of H-pyrrole nitrogens is 1. The zero-order chi connectivity index (χ0) is 16.4. The summed E-state index contributed by atoms with van der Waals surface area (Å²) in [6.07, 6.45) is -2.58. The molecular formula is C16H19F3N4. The van der Waals surface area contributed by atoms with Crippen molar-refractivity contribution in [2.24, 2.45) is 0 Å². The number of hydrogen-bond acceptors (Lipinski definition) is 3. The highest BCUT2D eigenvalue weighted by atomic mass is 19.4. The van der Waals surface area contributed by atoms with E-state index < -0.39 is 11.9 Å². The Morgan fingerprint density at radius 1 is 1.30 bits per heavy atom. The van der Waals surface area contributed by atoms with Crippen molar-refractivity contribution in [3.05, 3.63) is 47.3 Å². The largest absolute Gasteiger partial charge is 0.435 e. The van der Waals surface area contributed by atoms with E-state index in [0.717, 1.165) is 43.2 Å². The summed E-state index contributed by atoms with van der Waals surface area (Å²) in [5, 5.41) is 5.96. The van der Waals surface area contributed by atoms with Gasteiger partial charge in [0, 0.05) is 30.4 Å². The maximum Gasteiger partial charge on any atom is 0.435 e. The number of likely N-dealkylation sites (tertiary alicyclic amines) is 1. The minimum atomic E-state index is -4.40. The third-order valence-corrected chi connectivity index (χ3v) is 4.19. The molecule has 0 bridgehead atoms. The summed E-state index contributed by atoms with van der Waals surface area (Å²) in [5.41, 5.74) is 7.34. The minimum absolute atomic E-state index is 0.0495. The Kier molecular flexibility index (Phi) is 4.30. The average molecular weight is 324 g/mol. The minimum Gasteiger partial charge on any atom is -0.399 e. The first-order valence-corrected chi connectivity index (χ1v) is 7.61. The standard InChI is InChI=1S/C16H19F3N4/c17-16(18,19)15-8-14(21-22-15)12-4-2-6-23(10-12)9-11-3-1-5-13(20)7-11/h1,3,5,7-8,12H,2,4,6,9-10,20H2,(H,21,22). The first-order valence-electron chi connectivity index (χ1n) is 7.61. The molecule has 1 saturated heterocycles. The van der Waals surface area contributed by atoms with Crippen LogP contribution in [0.25, 0.3) is 0 Å². The Labute approximate surface area is 132 Å². The quantitative estimate of drug-likeness (QED) is 0.851. The van der Waals surface area contributed by atoms with Gasteiger partial charge in [-0.15, -0.1) is 0 Å². The third kappa shape index (κ3) is 3.85. The molecule has 1 aliphatic rings. The topological polar surface area (TPSA) is 57.9 Å². The summed E-state index contributed by atoms with van der Waals surface area (Å²) in [4.78, 5) is 2.25. The smallest absolute Gasteiger partial charge is 0.399 e. The van der Waals surface area contributed by atoms with Gasteiger partial charge in [-0.3, -0.25) is 10.00 Å². The monoisotopic (exact) mass is 324 g/mol. The normalized spacial score (nSPS) is 19.9. The lowest BCUT2D eigenvalue weighted by atomic mass is 9.94. The number of rotatable bonds is 3. The highest BCUT2D eigenvalue weighted by Crippen LogP contribution is 2.32. The second kappa shape index (κ2) is 6.23. The van der Waals surface area contributed by atoms with Crippen molar-refractivity contribution < 1.29 is 13.2 Å². The summed E-state index contributed by atoms with van der Waals surface area (Å²) >= 11 is 0.